The van der Waals surface area contributed by atoms with Gasteiger partial charge in [-0.1, -0.05) is 57.3 Å². The van der Waals surface area contributed by atoms with Crippen molar-refractivity contribution in [3.05, 3.63) is 97.9 Å². The van der Waals surface area contributed by atoms with Crippen LogP contribution in [0.25, 0.3) is 5.70 Å². The van der Waals surface area contributed by atoms with Crippen LogP contribution in [0.15, 0.2) is 71.2 Å². The van der Waals surface area contributed by atoms with Crippen molar-refractivity contribution >= 4 is 44.8 Å². The van der Waals surface area contributed by atoms with E-state index >= 15 is 0 Å². The number of rotatable bonds is 5. The second-order valence-corrected chi connectivity index (χ2v) is 8.98. The summed E-state index contributed by atoms with van der Waals surface area (Å²) in [5.74, 6) is 0.628. The van der Waals surface area contributed by atoms with Crippen molar-refractivity contribution in [3.8, 4) is 11.5 Å². The molecule has 7 heteroatoms. The van der Waals surface area contributed by atoms with Crippen molar-refractivity contribution in [1.29, 1.82) is 0 Å². The van der Waals surface area contributed by atoms with Crippen LogP contribution < -0.4 is 15.4 Å². The van der Waals surface area contributed by atoms with E-state index in [9.17, 15) is 5.11 Å². The number of quaternary nitrogens is 1. The third kappa shape index (κ3) is 4.85. The number of aromatic hydroxyl groups is 1. The van der Waals surface area contributed by atoms with Gasteiger partial charge in [0.1, 0.15) is 6.04 Å². The van der Waals surface area contributed by atoms with Gasteiger partial charge in [0.15, 0.2) is 17.7 Å². The lowest BCUT2D eigenvalue weighted by molar-refractivity contribution is -0.731. The van der Waals surface area contributed by atoms with Gasteiger partial charge in [-0.25, -0.2) is 0 Å². The smallest absolute Gasteiger partial charge is 0.188 e. The molecule has 1 heterocycles. The maximum absolute atomic E-state index is 10.9. The molecule has 0 aliphatic carbocycles. The molecule has 0 fully saturated rings. The van der Waals surface area contributed by atoms with E-state index < -0.39 is 0 Å². The fraction of sp³-hybridized carbons (Fsp3) is 0.167. The zero-order valence-corrected chi connectivity index (χ0v) is 19.9. The summed E-state index contributed by atoms with van der Waals surface area (Å²) in [6.45, 7) is 2.38. The van der Waals surface area contributed by atoms with Gasteiger partial charge in [0.2, 0.25) is 0 Å². The average Bonchev–Trinajstić information content (AvgIpc) is 2.75. The van der Waals surface area contributed by atoms with Crippen molar-refractivity contribution in [2.24, 2.45) is 0 Å². The molecule has 0 saturated heterocycles. The summed E-state index contributed by atoms with van der Waals surface area (Å²) in [6, 6.07) is 19.0. The minimum absolute atomic E-state index is 0.151. The quantitative estimate of drug-likeness (QED) is 0.398. The first-order chi connectivity index (χ1) is 15.0. The number of halogens is 3. The molecule has 4 nitrogen and oxygen atoms in total. The molecular weight excluding hydrogens is 499 g/mol. The van der Waals surface area contributed by atoms with E-state index in [0.29, 0.717) is 22.4 Å². The normalized spacial score (nSPS) is 18.3. The fourth-order valence-electron chi connectivity index (χ4n) is 3.75. The Hall–Kier alpha value is -2.18. The molecule has 0 radical (unpaired) electrons. The van der Waals surface area contributed by atoms with E-state index in [1.807, 2.05) is 49.4 Å². The zero-order valence-electron chi connectivity index (χ0n) is 16.8. The Morgan fingerprint density at radius 1 is 1.06 bits per heavy atom. The van der Waals surface area contributed by atoms with Crippen molar-refractivity contribution in [1.82, 2.24) is 5.32 Å². The summed E-state index contributed by atoms with van der Waals surface area (Å²) in [6.07, 6.45) is 1.93. The molecule has 4 N–H and O–H groups in total. The maximum Gasteiger partial charge on any atom is 0.188 e. The molecule has 0 aromatic heterocycles. The highest BCUT2D eigenvalue weighted by Crippen LogP contribution is 2.36. The number of nitrogens with two attached hydrogens (primary N) is 1. The lowest BCUT2D eigenvalue weighted by Gasteiger charge is -2.30. The summed E-state index contributed by atoms with van der Waals surface area (Å²) < 4.78 is 6.58. The molecule has 1 aliphatic heterocycles. The molecule has 1 aliphatic rings. The van der Waals surface area contributed by atoms with Crippen LogP contribution in [0.2, 0.25) is 10.0 Å². The van der Waals surface area contributed by atoms with Gasteiger partial charge in [0.05, 0.1) is 17.2 Å². The molecular formula is C24H22BrCl2N2O2+. The molecule has 0 spiro atoms. The number of nitrogens with one attached hydrogen (secondary N) is 1. The molecule has 0 amide bonds. The number of phenols is 1. The van der Waals surface area contributed by atoms with Crippen molar-refractivity contribution in [2.75, 3.05) is 6.61 Å². The summed E-state index contributed by atoms with van der Waals surface area (Å²) >= 11 is 16.2. The van der Waals surface area contributed by atoms with Crippen LogP contribution in [0.4, 0.5) is 0 Å². The number of para-hydroxylation sites is 1. The molecule has 160 valence electrons. The first kappa shape index (κ1) is 22.0. The lowest BCUT2D eigenvalue weighted by Crippen LogP contribution is -2.89. The molecule has 0 bridgehead atoms. The van der Waals surface area contributed by atoms with Crippen molar-refractivity contribution in [2.45, 2.75) is 19.1 Å². The van der Waals surface area contributed by atoms with E-state index in [-0.39, 0.29) is 18.0 Å². The van der Waals surface area contributed by atoms with Gasteiger partial charge in [0.25, 0.3) is 0 Å². The van der Waals surface area contributed by atoms with Gasteiger partial charge in [-0.2, -0.15) is 0 Å². The third-order valence-electron chi connectivity index (χ3n) is 5.18. The molecule has 0 saturated carbocycles. The van der Waals surface area contributed by atoms with Crippen molar-refractivity contribution in [3.63, 3.8) is 0 Å². The highest BCUT2D eigenvalue weighted by Gasteiger charge is 2.31. The summed E-state index contributed by atoms with van der Waals surface area (Å²) in [7, 11) is 0. The molecule has 3 aromatic carbocycles. The van der Waals surface area contributed by atoms with Crippen LogP contribution in [0.3, 0.4) is 0 Å². The minimum atomic E-state index is -0.177. The summed E-state index contributed by atoms with van der Waals surface area (Å²) in [4.78, 5) is 0. The maximum atomic E-state index is 10.9. The van der Waals surface area contributed by atoms with E-state index in [0.717, 1.165) is 26.9 Å². The van der Waals surface area contributed by atoms with Crippen LogP contribution in [-0.2, 0) is 0 Å². The Bertz CT molecular complexity index is 1140. The van der Waals surface area contributed by atoms with Gasteiger partial charge in [-0.3, -0.25) is 0 Å². The van der Waals surface area contributed by atoms with E-state index in [1.54, 1.807) is 12.1 Å². The number of benzene rings is 3. The average molecular weight is 521 g/mol. The molecule has 3 aromatic rings. The van der Waals surface area contributed by atoms with Gasteiger partial charge < -0.3 is 20.5 Å². The second kappa shape index (κ2) is 9.53. The van der Waals surface area contributed by atoms with Gasteiger partial charge in [-0.15, -0.1) is 0 Å². The zero-order chi connectivity index (χ0) is 22.0. The van der Waals surface area contributed by atoms with E-state index in [2.05, 4.69) is 38.7 Å². The molecule has 2 unspecified atom stereocenters. The summed E-state index contributed by atoms with van der Waals surface area (Å²) in [5, 5.41) is 17.8. The third-order valence-corrected chi connectivity index (χ3v) is 6.24. The predicted octanol–water partition coefficient (Wildman–Crippen LogP) is 5.81. The lowest BCUT2D eigenvalue weighted by atomic mass is 9.97. The highest BCUT2D eigenvalue weighted by molar-refractivity contribution is 9.10. The number of hydrogen-bond acceptors (Lipinski definition) is 3. The molecule has 31 heavy (non-hydrogen) atoms. The van der Waals surface area contributed by atoms with Gasteiger partial charge in [0, 0.05) is 26.8 Å². The van der Waals surface area contributed by atoms with Gasteiger partial charge in [-0.05, 0) is 55.0 Å². The standard InChI is InChI=1S/C24H21BrCl2N2O2/c1-2-31-22-8-4-7-18(23(22)30)21-13-20(14-5-3-6-15(25)11-14)28-24(29-21)17-10-9-16(26)12-19(17)27/h3-13,21,24,28-30H,2H2,1H3/p+1. The van der Waals surface area contributed by atoms with E-state index in [1.165, 1.54) is 0 Å². The topological polar surface area (TPSA) is 58.1 Å². The van der Waals surface area contributed by atoms with Crippen LogP contribution in [0, 0.1) is 0 Å². The Labute approximate surface area is 200 Å². The first-order valence-electron chi connectivity index (χ1n) is 9.95. The SMILES string of the molecule is CCOc1cccc(C2C=C(c3cccc(Br)c3)NC(c3ccc(Cl)cc3Cl)[NH2+]2)c1O. The number of phenolic OH excluding ortho intramolecular Hbond substituents is 1. The van der Waals surface area contributed by atoms with Gasteiger partial charge >= 0.3 is 0 Å². The number of hydrogen-bond donors (Lipinski definition) is 3. The highest BCUT2D eigenvalue weighted by atomic mass is 79.9. The van der Waals surface area contributed by atoms with Crippen LogP contribution in [-0.4, -0.2) is 11.7 Å². The second-order valence-electron chi connectivity index (χ2n) is 7.22. The largest absolute Gasteiger partial charge is 0.504 e. The molecule has 4 rings (SSSR count). The van der Waals surface area contributed by atoms with Crippen molar-refractivity contribution < 1.29 is 15.2 Å². The Balaban J connectivity index is 1.79. The Morgan fingerprint density at radius 2 is 1.87 bits per heavy atom. The Kier molecular flexibility index (Phi) is 6.77. The minimum Gasteiger partial charge on any atom is -0.504 e. The van der Waals surface area contributed by atoms with Crippen LogP contribution >= 0.6 is 39.1 Å². The number of ether oxygens (including phenoxy) is 1. The Morgan fingerprint density at radius 3 is 2.61 bits per heavy atom. The first-order valence-corrected chi connectivity index (χ1v) is 11.5. The monoisotopic (exact) mass is 519 g/mol. The van der Waals surface area contributed by atoms with Crippen LogP contribution in [0.5, 0.6) is 11.5 Å². The van der Waals surface area contributed by atoms with Crippen LogP contribution in [0.1, 0.15) is 35.8 Å². The predicted molar refractivity (Wildman–Crippen MR) is 128 cm³/mol. The fourth-order valence-corrected chi connectivity index (χ4v) is 4.68. The summed E-state index contributed by atoms with van der Waals surface area (Å²) in [5.41, 5.74) is 3.67. The van der Waals surface area contributed by atoms with E-state index in [4.69, 9.17) is 27.9 Å². The molecule has 2 atom stereocenters.